The van der Waals surface area contributed by atoms with Crippen LogP contribution in [0.3, 0.4) is 0 Å². The van der Waals surface area contributed by atoms with E-state index in [1.165, 1.54) is 0 Å². The second-order valence-electron chi connectivity index (χ2n) is 3.55. The van der Waals surface area contributed by atoms with Crippen LogP contribution < -0.4 is 5.32 Å². The van der Waals surface area contributed by atoms with E-state index in [1.54, 1.807) is 19.2 Å². The minimum Gasteiger partial charge on any atom is -0.325 e. The lowest BCUT2D eigenvalue weighted by Crippen LogP contribution is -2.35. The van der Waals surface area contributed by atoms with E-state index < -0.39 is 40.8 Å². The molecule has 1 aromatic carbocycles. The van der Waals surface area contributed by atoms with Crippen molar-refractivity contribution < 1.29 is 26.7 Å². The van der Waals surface area contributed by atoms with Crippen molar-refractivity contribution in [3.8, 4) is 0 Å². The van der Waals surface area contributed by atoms with Gasteiger partial charge >= 0.3 is 6.03 Å². The molecule has 0 aliphatic rings. The van der Waals surface area contributed by atoms with Crippen LogP contribution in [0.4, 0.5) is 32.4 Å². The number of hydrogen-bond acceptors (Lipinski definition) is 1. The molecule has 1 N–H and O–H groups in total. The Bertz CT molecular complexity index is 473. The van der Waals surface area contributed by atoms with Gasteiger partial charge in [-0.1, -0.05) is 0 Å². The van der Waals surface area contributed by atoms with Gasteiger partial charge in [-0.15, -0.1) is 0 Å². The van der Waals surface area contributed by atoms with E-state index in [0.717, 1.165) is 4.90 Å². The molecule has 0 fully saturated rings. The molecule has 0 heterocycles. The van der Waals surface area contributed by atoms with E-state index in [0.29, 0.717) is 0 Å². The molecule has 0 aliphatic heterocycles. The van der Waals surface area contributed by atoms with E-state index in [1.807, 2.05) is 0 Å². The Kier molecular flexibility index (Phi) is 4.68. The highest BCUT2D eigenvalue weighted by Gasteiger charge is 2.27. The number of benzene rings is 1. The summed E-state index contributed by atoms with van der Waals surface area (Å²) in [7, 11) is 0. The number of anilines is 1. The van der Waals surface area contributed by atoms with Gasteiger partial charge < -0.3 is 10.2 Å². The number of urea groups is 1. The van der Waals surface area contributed by atoms with Crippen LogP contribution >= 0.6 is 0 Å². The number of halogens is 5. The third-order valence-corrected chi connectivity index (χ3v) is 2.49. The number of nitrogens with zero attached hydrogens (tertiary/aromatic N) is 1. The summed E-state index contributed by atoms with van der Waals surface area (Å²) in [5.41, 5.74) is -1.35. The molecule has 3 nitrogen and oxygen atoms in total. The molecule has 0 aliphatic carbocycles. The fourth-order valence-corrected chi connectivity index (χ4v) is 1.41. The van der Waals surface area contributed by atoms with Gasteiger partial charge in [0.15, 0.2) is 23.3 Å². The highest BCUT2D eigenvalue weighted by Crippen LogP contribution is 2.27. The molecule has 0 unspecified atom stereocenters. The fraction of sp³-hybridized carbons (Fsp3) is 0.364. The topological polar surface area (TPSA) is 32.3 Å². The van der Waals surface area contributed by atoms with E-state index in [2.05, 4.69) is 0 Å². The van der Waals surface area contributed by atoms with Gasteiger partial charge in [-0.25, -0.2) is 26.7 Å². The molecule has 106 valence electrons. The molecule has 1 aromatic rings. The van der Waals surface area contributed by atoms with Crippen molar-refractivity contribution in [2.45, 2.75) is 13.8 Å². The normalized spacial score (nSPS) is 10.5. The van der Waals surface area contributed by atoms with Crippen LogP contribution in [-0.2, 0) is 0 Å². The summed E-state index contributed by atoms with van der Waals surface area (Å²) in [5.74, 6) is -10.6. The standard InChI is InChI=1S/C11H11F5N2O/c1-3-18(4-2)11(19)17-10-8(15)6(13)5(12)7(14)9(10)16/h3-4H2,1-2H3,(H,17,19). The quantitative estimate of drug-likeness (QED) is 0.515. The smallest absolute Gasteiger partial charge is 0.321 e. The Morgan fingerprint density at radius 3 is 1.63 bits per heavy atom. The number of hydrogen-bond donors (Lipinski definition) is 1. The average molecular weight is 282 g/mol. The Morgan fingerprint density at radius 2 is 1.26 bits per heavy atom. The number of nitrogens with one attached hydrogen (secondary N) is 1. The third-order valence-electron chi connectivity index (χ3n) is 2.49. The van der Waals surface area contributed by atoms with Crippen molar-refractivity contribution in [1.29, 1.82) is 0 Å². The van der Waals surface area contributed by atoms with Crippen LogP contribution in [0.1, 0.15) is 13.8 Å². The minimum atomic E-state index is -2.27. The molecule has 1 rings (SSSR count). The lowest BCUT2D eigenvalue weighted by molar-refractivity contribution is 0.217. The van der Waals surface area contributed by atoms with Gasteiger partial charge in [-0.2, -0.15) is 0 Å². The summed E-state index contributed by atoms with van der Waals surface area (Å²) in [4.78, 5) is 12.7. The van der Waals surface area contributed by atoms with Crippen LogP contribution in [0.15, 0.2) is 0 Å². The number of amides is 2. The maximum Gasteiger partial charge on any atom is 0.321 e. The van der Waals surface area contributed by atoms with Gasteiger partial charge in [-0.05, 0) is 13.8 Å². The second-order valence-corrected chi connectivity index (χ2v) is 3.55. The fourth-order valence-electron chi connectivity index (χ4n) is 1.41. The Labute approximate surface area is 106 Å². The van der Waals surface area contributed by atoms with Crippen LogP contribution in [-0.4, -0.2) is 24.0 Å². The van der Waals surface area contributed by atoms with Gasteiger partial charge in [-0.3, -0.25) is 0 Å². The lowest BCUT2D eigenvalue weighted by atomic mass is 10.2. The summed E-state index contributed by atoms with van der Waals surface area (Å²) in [6.07, 6.45) is 0. The number of carbonyl (C=O) groups is 1. The molecule has 19 heavy (non-hydrogen) atoms. The first kappa shape index (κ1) is 15.2. The van der Waals surface area contributed by atoms with Gasteiger partial charge in [0.2, 0.25) is 5.82 Å². The molecule has 0 aromatic heterocycles. The summed E-state index contributed by atoms with van der Waals surface area (Å²) in [6, 6.07) is -0.951. The van der Waals surface area contributed by atoms with E-state index in [9.17, 15) is 26.7 Å². The van der Waals surface area contributed by atoms with E-state index >= 15 is 0 Å². The van der Waals surface area contributed by atoms with Crippen LogP contribution in [0, 0.1) is 29.1 Å². The van der Waals surface area contributed by atoms with Crippen LogP contribution in [0.25, 0.3) is 0 Å². The van der Waals surface area contributed by atoms with E-state index in [4.69, 9.17) is 0 Å². The first-order valence-electron chi connectivity index (χ1n) is 5.42. The lowest BCUT2D eigenvalue weighted by Gasteiger charge is -2.19. The maximum atomic E-state index is 13.3. The summed E-state index contributed by atoms with van der Waals surface area (Å²) in [6.45, 7) is 3.64. The predicted octanol–water partition coefficient (Wildman–Crippen LogP) is 3.26. The van der Waals surface area contributed by atoms with Crippen molar-refractivity contribution in [3.63, 3.8) is 0 Å². The molecule has 0 saturated carbocycles. The van der Waals surface area contributed by atoms with Gasteiger partial charge in [0.05, 0.1) is 0 Å². The van der Waals surface area contributed by atoms with Gasteiger partial charge in [0, 0.05) is 13.1 Å². The molecule has 0 bridgehead atoms. The van der Waals surface area contributed by atoms with Crippen LogP contribution in [0.2, 0.25) is 0 Å². The van der Waals surface area contributed by atoms with Crippen molar-refractivity contribution >= 4 is 11.7 Å². The van der Waals surface area contributed by atoms with Crippen molar-refractivity contribution in [2.75, 3.05) is 18.4 Å². The molecular weight excluding hydrogens is 271 g/mol. The summed E-state index contributed by atoms with van der Waals surface area (Å²) >= 11 is 0. The number of carbonyl (C=O) groups excluding carboxylic acids is 1. The molecule has 0 saturated heterocycles. The second kappa shape index (κ2) is 5.85. The molecule has 2 amide bonds. The monoisotopic (exact) mass is 282 g/mol. The third kappa shape index (κ3) is 2.77. The highest BCUT2D eigenvalue weighted by atomic mass is 19.2. The number of rotatable bonds is 3. The first-order valence-corrected chi connectivity index (χ1v) is 5.42. The maximum absolute atomic E-state index is 13.3. The predicted molar refractivity (Wildman–Crippen MR) is 58.2 cm³/mol. The highest BCUT2D eigenvalue weighted by molar-refractivity contribution is 5.89. The zero-order valence-electron chi connectivity index (χ0n) is 10.2. The van der Waals surface area contributed by atoms with Crippen LogP contribution in [0.5, 0.6) is 0 Å². The Balaban J connectivity index is 3.19. The van der Waals surface area contributed by atoms with E-state index in [-0.39, 0.29) is 13.1 Å². The van der Waals surface area contributed by atoms with Gasteiger partial charge in [0.25, 0.3) is 0 Å². The SMILES string of the molecule is CCN(CC)C(=O)Nc1c(F)c(F)c(F)c(F)c1F. The van der Waals surface area contributed by atoms with Crippen molar-refractivity contribution in [3.05, 3.63) is 29.1 Å². The summed E-state index contributed by atoms with van der Waals surface area (Å²) in [5, 5.41) is 1.68. The Hall–Kier alpha value is -1.86. The minimum absolute atomic E-state index is 0.220. The molecule has 0 radical (unpaired) electrons. The molecule has 0 atom stereocenters. The largest absolute Gasteiger partial charge is 0.325 e. The molecule has 8 heteroatoms. The van der Waals surface area contributed by atoms with Crippen molar-refractivity contribution in [1.82, 2.24) is 4.90 Å². The average Bonchev–Trinajstić information content (AvgIpc) is 2.40. The Morgan fingerprint density at radius 1 is 0.895 bits per heavy atom. The summed E-state index contributed by atoms with van der Waals surface area (Å²) < 4.78 is 65.1. The first-order chi connectivity index (χ1) is 8.84. The molecule has 0 spiro atoms. The molecular formula is C11H11F5N2O. The van der Waals surface area contributed by atoms with Crippen molar-refractivity contribution in [2.24, 2.45) is 0 Å². The zero-order valence-corrected chi connectivity index (χ0v) is 10.2. The van der Waals surface area contributed by atoms with Gasteiger partial charge in [0.1, 0.15) is 5.69 Å². The zero-order chi connectivity index (χ0) is 14.7.